The lowest BCUT2D eigenvalue weighted by atomic mass is 10.2. The average molecular weight is 221 g/mol. The molecule has 0 saturated carbocycles. The Labute approximate surface area is 94.7 Å². The molecule has 0 bridgehead atoms. The summed E-state index contributed by atoms with van der Waals surface area (Å²) >= 11 is 1.78. The van der Waals surface area contributed by atoms with Gasteiger partial charge in [0, 0.05) is 11.8 Å². The second kappa shape index (κ2) is 3.56. The molecule has 0 fully saturated rings. The predicted octanol–water partition coefficient (Wildman–Crippen LogP) is 3.27. The number of thioether (sulfide) groups is 1. The normalized spacial score (nSPS) is 24.1. The van der Waals surface area contributed by atoms with Crippen LogP contribution >= 0.6 is 11.8 Å². The van der Waals surface area contributed by atoms with Crippen molar-refractivity contribution < 1.29 is 4.79 Å². The van der Waals surface area contributed by atoms with Crippen LogP contribution in [0.4, 0.5) is 5.69 Å². The number of benzene rings is 1. The van der Waals surface area contributed by atoms with Crippen LogP contribution in [0.25, 0.3) is 0 Å². The van der Waals surface area contributed by atoms with Crippen molar-refractivity contribution in [3.8, 4) is 0 Å². The van der Waals surface area contributed by atoms with Crippen LogP contribution in [-0.4, -0.2) is 10.8 Å². The van der Waals surface area contributed by atoms with Crippen molar-refractivity contribution in [2.24, 2.45) is 0 Å². The van der Waals surface area contributed by atoms with Crippen LogP contribution in [0.2, 0.25) is 0 Å². The minimum absolute atomic E-state index is 0.116. The third-order valence-electron chi connectivity index (χ3n) is 2.88. The Hall–Kier alpha value is -0.960. The molecule has 15 heavy (non-hydrogen) atoms. The van der Waals surface area contributed by atoms with Gasteiger partial charge in [-0.2, -0.15) is 0 Å². The Morgan fingerprint density at radius 2 is 2.13 bits per heavy atom. The van der Waals surface area contributed by atoms with E-state index >= 15 is 0 Å². The summed E-state index contributed by atoms with van der Waals surface area (Å²) in [5.41, 5.74) is 1.05. The Bertz CT molecular complexity index is 404. The van der Waals surface area contributed by atoms with E-state index in [1.54, 1.807) is 18.7 Å². The second-order valence-electron chi connectivity index (χ2n) is 3.95. The van der Waals surface area contributed by atoms with E-state index in [0.29, 0.717) is 0 Å². The van der Waals surface area contributed by atoms with Crippen molar-refractivity contribution in [2.75, 3.05) is 4.90 Å². The minimum Gasteiger partial charge on any atom is -0.296 e. The SMILES string of the molecule is CCC1(C)Sc2ccccc2N1C(C)=O. The van der Waals surface area contributed by atoms with Gasteiger partial charge in [0.2, 0.25) is 5.91 Å². The molecular weight excluding hydrogens is 206 g/mol. The molecule has 1 unspecified atom stereocenters. The molecule has 0 N–H and O–H groups in total. The Morgan fingerprint density at radius 3 is 2.73 bits per heavy atom. The molecule has 0 saturated heterocycles. The number of amides is 1. The molecule has 2 rings (SSSR count). The maximum absolute atomic E-state index is 11.7. The molecule has 0 aliphatic carbocycles. The van der Waals surface area contributed by atoms with Crippen molar-refractivity contribution in [1.29, 1.82) is 0 Å². The largest absolute Gasteiger partial charge is 0.296 e. The number of hydrogen-bond donors (Lipinski definition) is 0. The van der Waals surface area contributed by atoms with Gasteiger partial charge in [-0.1, -0.05) is 30.8 Å². The number of hydrogen-bond acceptors (Lipinski definition) is 2. The number of para-hydroxylation sites is 1. The van der Waals surface area contributed by atoms with Crippen molar-refractivity contribution in [2.45, 2.75) is 37.0 Å². The summed E-state index contributed by atoms with van der Waals surface area (Å²) in [7, 11) is 0. The Morgan fingerprint density at radius 1 is 1.47 bits per heavy atom. The molecule has 80 valence electrons. The second-order valence-corrected chi connectivity index (χ2v) is 5.48. The van der Waals surface area contributed by atoms with Crippen LogP contribution in [0, 0.1) is 0 Å². The lowest BCUT2D eigenvalue weighted by Gasteiger charge is -2.32. The zero-order valence-corrected chi connectivity index (χ0v) is 10.1. The van der Waals surface area contributed by atoms with E-state index < -0.39 is 0 Å². The number of carbonyl (C=O) groups excluding carboxylic acids is 1. The number of anilines is 1. The highest BCUT2D eigenvalue weighted by molar-refractivity contribution is 8.01. The van der Waals surface area contributed by atoms with E-state index in [-0.39, 0.29) is 10.8 Å². The summed E-state index contributed by atoms with van der Waals surface area (Å²) < 4.78 is 0. The molecule has 2 nitrogen and oxygen atoms in total. The molecule has 1 aromatic rings. The molecular formula is C12H15NOS. The zero-order valence-electron chi connectivity index (χ0n) is 9.28. The first-order chi connectivity index (χ1) is 7.08. The molecule has 1 aliphatic rings. The molecule has 1 atom stereocenters. The fourth-order valence-corrected chi connectivity index (χ4v) is 3.35. The standard InChI is InChI=1S/C12H15NOS/c1-4-12(3)13(9(2)14)10-7-5-6-8-11(10)15-12/h5-8H,4H2,1-3H3. The van der Waals surface area contributed by atoms with Gasteiger partial charge in [-0.05, 0) is 25.5 Å². The average Bonchev–Trinajstić information content (AvgIpc) is 2.50. The number of nitrogens with zero attached hydrogens (tertiary/aromatic N) is 1. The van der Waals surface area contributed by atoms with E-state index in [0.717, 1.165) is 12.1 Å². The van der Waals surface area contributed by atoms with Gasteiger partial charge < -0.3 is 0 Å². The molecule has 0 aromatic heterocycles. The smallest absolute Gasteiger partial charge is 0.225 e. The van der Waals surface area contributed by atoms with Crippen LogP contribution in [0.3, 0.4) is 0 Å². The van der Waals surface area contributed by atoms with Crippen LogP contribution in [0.15, 0.2) is 29.2 Å². The topological polar surface area (TPSA) is 20.3 Å². The van der Waals surface area contributed by atoms with E-state index in [1.807, 2.05) is 23.1 Å². The van der Waals surface area contributed by atoms with Gasteiger partial charge in [-0.3, -0.25) is 9.69 Å². The van der Waals surface area contributed by atoms with E-state index in [2.05, 4.69) is 19.9 Å². The highest BCUT2D eigenvalue weighted by Crippen LogP contribution is 2.51. The number of fused-ring (bicyclic) bond motifs is 1. The van der Waals surface area contributed by atoms with Crippen molar-refractivity contribution in [3.63, 3.8) is 0 Å². The summed E-state index contributed by atoms with van der Waals surface area (Å²) in [5, 5.41) is 0. The Balaban J connectivity index is 2.52. The van der Waals surface area contributed by atoms with Gasteiger partial charge in [0.15, 0.2) is 0 Å². The fourth-order valence-electron chi connectivity index (χ4n) is 2.00. The summed E-state index contributed by atoms with van der Waals surface area (Å²) in [5.74, 6) is 0.122. The molecule has 0 spiro atoms. The highest BCUT2D eigenvalue weighted by atomic mass is 32.2. The van der Waals surface area contributed by atoms with Gasteiger partial charge in [-0.25, -0.2) is 0 Å². The monoisotopic (exact) mass is 221 g/mol. The third-order valence-corrected chi connectivity index (χ3v) is 4.36. The van der Waals surface area contributed by atoms with Crippen LogP contribution in [0.1, 0.15) is 27.2 Å². The van der Waals surface area contributed by atoms with Gasteiger partial charge >= 0.3 is 0 Å². The molecule has 1 aromatic carbocycles. The maximum atomic E-state index is 11.7. The maximum Gasteiger partial charge on any atom is 0.225 e. The van der Waals surface area contributed by atoms with Crippen molar-refractivity contribution >= 4 is 23.4 Å². The summed E-state index contributed by atoms with van der Waals surface area (Å²) in [6, 6.07) is 8.10. The molecule has 0 radical (unpaired) electrons. The molecule has 3 heteroatoms. The van der Waals surface area contributed by atoms with Crippen LogP contribution in [-0.2, 0) is 4.79 Å². The van der Waals surface area contributed by atoms with Gasteiger partial charge in [-0.15, -0.1) is 0 Å². The number of carbonyl (C=O) groups is 1. The van der Waals surface area contributed by atoms with E-state index in [9.17, 15) is 4.79 Å². The van der Waals surface area contributed by atoms with Crippen LogP contribution in [0.5, 0.6) is 0 Å². The summed E-state index contributed by atoms with van der Waals surface area (Å²) in [4.78, 5) is 14.7. The van der Waals surface area contributed by atoms with Crippen molar-refractivity contribution in [3.05, 3.63) is 24.3 Å². The van der Waals surface area contributed by atoms with Gasteiger partial charge in [0.1, 0.15) is 0 Å². The first kappa shape index (κ1) is 10.6. The molecule has 1 heterocycles. The lowest BCUT2D eigenvalue weighted by Crippen LogP contribution is -2.43. The zero-order chi connectivity index (χ0) is 11.1. The fraction of sp³-hybridized carbons (Fsp3) is 0.417. The van der Waals surface area contributed by atoms with Crippen LogP contribution < -0.4 is 4.90 Å². The lowest BCUT2D eigenvalue weighted by molar-refractivity contribution is -0.117. The number of rotatable bonds is 1. The van der Waals surface area contributed by atoms with Gasteiger partial charge in [0.05, 0.1) is 10.6 Å². The molecule has 1 aliphatic heterocycles. The van der Waals surface area contributed by atoms with Gasteiger partial charge in [0.25, 0.3) is 0 Å². The Kier molecular flexibility index (Phi) is 2.51. The van der Waals surface area contributed by atoms with Crippen molar-refractivity contribution in [1.82, 2.24) is 0 Å². The first-order valence-corrected chi connectivity index (χ1v) is 5.99. The first-order valence-electron chi connectivity index (χ1n) is 5.17. The van der Waals surface area contributed by atoms with E-state index in [4.69, 9.17) is 0 Å². The quantitative estimate of drug-likeness (QED) is 0.725. The highest BCUT2D eigenvalue weighted by Gasteiger charge is 2.41. The predicted molar refractivity (Wildman–Crippen MR) is 64.2 cm³/mol. The minimum atomic E-state index is -0.116. The third kappa shape index (κ3) is 1.55. The summed E-state index contributed by atoms with van der Waals surface area (Å²) in [6.45, 7) is 5.88. The van der Waals surface area contributed by atoms with E-state index in [1.165, 1.54) is 4.90 Å². The molecule has 1 amide bonds. The summed E-state index contributed by atoms with van der Waals surface area (Å²) in [6.07, 6.45) is 0.950.